The molecule has 1 unspecified atom stereocenters. The molecule has 0 aliphatic heterocycles. The number of rotatable bonds is 2. The van der Waals surface area contributed by atoms with E-state index in [-0.39, 0.29) is 0 Å². The molecule has 1 heterocycles. The van der Waals surface area contributed by atoms with Gasteiger partial charge in [0.2, 0.25) is 0 Å². The fourth-order valence-electron chi connectivity index (χ4n) is 0.794. The monoisotopic (exact) mass is 152 g/mol. The summed E-state index contributed by atoms with van der Waals surface area (Å²) in [5.41, 5.74) is 1.81. The van der Waals surface area contributed by atoms with Gasteiger partial charge in [0, 0.05) is 5.69 Å². The van der Waals surface area contributed by atoms with Crippen molar-refractivity contribution in [2.45, 2.75) is 20.1 Å². The van der Waals surface area contributed by atoms with Gasteiger partial charge in [0.25, 0.3) is 0 Å². The zero-order valence-electron chi connectivity index (χ0n) is 6.70. The molecule has 2 N–H and O–H groups in total. The van der Waals surface area contributed by atoms with Crippen molar-refractivity contribution in [1.29, 1.82) is 0 Å². The summed E-state index contributed by atoms with van der Waals surface area (Å²) in [7, 11) is 0. The SMILES string of the molecule is Cc1ccc(NC(C)O)cn1. The van der Waals surface area contributed by atoms with E-state index in [1.54, 1.807) is 13.1 Å². The molecule has 1 rings (SSSR count). The predicted molar refractivity (Wildman–Crippen MR) is 44.3 cm³/mol. The second kappa shape index (κ2) is 3.34. The lowest BCUT2D eigenvalue weighted by molar-refractivity contribution is 0.224. The van der Waals surface area contributed by atoms with Gasteiger partial charge in [0.1, 0.15) is 6.23 Å². The third kappa shape index (κ3) is 2.55. The van der Waals surface area contributed by atoms with Crippen molar-refractivity contribution in [2.24, 2.45) is 0 Å². The van der Waals surface area contributed by atoms with Crippen molar-refractivity contribution in [3.05, 3.63) is 24.0 Å². The number of pyridine rings is 1. The molecular weight excluding hydrogens is 140 g/mol. The molecule has 0 aromatic carbocycles. The maximum absolute atomic E-state index is 8.94. The summed E-state index contributed by atoms with van der Waals surface area (Å²) >= 11 is 0. The Morgan fingerprint density at radius 3 is 2.73 bits per heavy atom. The third-order valence-electron chi connectivity index (χ3n) is 1.29. The quantitative estimate of drug-likeness (QED) is 0.624. The van der Waals surface area contributed by atoms with Crippen LogP contribution in [0.3, 0.4) is 0 Å². The van der Waals surface area contributed by atoms with Crippen molar-refractivity contribution in [3.63, 3.8) is 0 Å². The van der Waals surface area contributed by atoms with Crippen LogP contribution in [0, 0.1) is 6.92 Å². The first-order valence-corrected chi connectivity index (χ1v) is 3.56. The van der Waals surface area contributed by atoms with E-state index in [2.05, 4.69) is 10.3 Å². The Balaban J connectivity index is 2.66. The lowest BCUT2D eigenvalue weighted by atomic mass is 10.3. The fraction of sp³-hybridized carbons (Fsp3) is 0.375. The molecule has 0 saturated carbocycles. The Morgan fingerprint density at radius 2 is 2.27 bits per heavy atom. The number of nitrogens with zero attached hydrogens (tertiary/aromatic N) is 1. The molecule has 3 heteroatoms. The molecule has 60 valence electrons. The van der Waals surface area contributed by atoms with Crippen molar-refractivity contribution >= 4 is 5.69 Å². The van der Waals surface area contributed by atoms with Crippen LogP contribution in [0.25, 0.3) is 0 Å². The van der Waals surface area contributed by atoms with Gasteiger partial charge in [-0.2, -0.15) is 0 Å². The third-order valence-corrected chi connectivity index (χ3v) is 1.29. The van der Waals surface area contributed by atoms with Crippen LogP contribution < -0.4 is 5.32 Å². The van der Waals surface area contributed by atoms with Crippen LogP contribution in [-0.4, -0.2) is 16.3 Å². The average Bonchev–Trinajstić information content (AvgIpc) is 1.93. The number of aryl methyl sites for hydroxylation is 1. The van der Waals surface area contributed by atoms with Crippen molar-refractivity contribution in [3.8, 4) is 0 Å². The van der Waals surface area contributed by atoms with Crippen LogP contribution in [0.4, 0.5) is 5.69 Å². The number of hydrogen-bond donors (Lipinski definition) is 2. The first-order valence-electron chi connectivity index (χ1n) is 3.56. The Labute approximate surface area is 66.1 Å². The van der Waals surface area contributed by atoms with Gasteiger partial charge >= 0.3 is 0 Å². The van der Waals surface area contributed by atoms with E-state index < -0.39 is 6.23 Å². The van der Waals surface area contributed by atoms with Crippen LogP contribution in [0.2, 0.25) is 0 Å². The number of nitrogens with one attached hydrogen (secondary N) is 1. The standard InChI is InChI=1S/C8H12N2O/c1-6-3-4-8(5-9-6)10-7(2)11/h3-5,7,10-11H,1-2H3. The Hall–Kier alpha value is -1.09. The number of aliphatic hydroxyl groups is 1. The second-order valence-electron chi connectivity index (χ2n) is 2.51. The van der Waals surface area contributed by atoms with Crippen LogP contribution in [0.5, 0.6) is 0 Å². The van der Waals surface area contributed by atoms with Crippen LogP contribution in [0.15, 0.2) is 18.3 Å². The normalized spacial score (nSPS) is 12.6. The maximum atomic E-state index is 8.94. The zero-order valence-corrected chi connectivity index (χ0v) is 6.70. The van der Waals surface area contributed by atoms with E-state index in [0.29, 0.717) is 0 Å². The highest BCUT2D eigenvalue weighted by atomic mass is 16.3. The van der Waals surface area contributed by atoms with E-state index in [1.807, 2.05) is 19.1 Å². The molecular formula is C8H12N2O. The van der Waals surface area contributed by atoms with Gasteiger partial charge in [-0.15, -0.1) is 0 Å². The minimum atomic E-state index is -0.528. The molecule has 0 amide bonds. The predicted octanol–water partition coefficient (Wildman–Crippen LogP) is 1.14. The second-order valence-corrected chi connectivity index (χ2v) is 2.51. The average molecular weight is 152 g/mol. The molecule has 0 aliphatic carbocycles. The van der Waals surface area contributed by atoms with Crippen LogP contribution in [0.1, 0.15) is 12.6 Å². The van der Waals surface area contributed by atoms with Gasteiger partial charge in [0.15, 0.2) is 0 Å². The van der Waals surface area contributed by atoms with E-state index in [9.17, 15) is 0 Å². The molecule has 1 aromatic rings. The van der Waals surface area contributed by atoms with Crippen molar-refractivity contribution < 1.29 is 5.11 Å². The summed E-state index contributed by atoms with van der Waals surface area (Å²) in [6.07, 6.45) is 1.17. The Bertz CT molecular complexity index is 218. The molecule has 0 saturated heterocycles. The molecule has 0 spiro atoms. The van der Waals surface area contributed by atoms with E-state index in [4.69, 9.17) is 5.11 Å². The largest absolute Gasteiger partial charge is 0.374 e. The van der Waals surface area contributed by atoms with Crippen molar-refractivity contribution in [2.75, 3.05) is 5.32 Å². The summed E-state index contributed by atoms with van der Waals surface area (Å²) < 4.78 is 0. The summed E-state index contributed by atoms with van der Waals surface area (Å²) in [6, 6.07) is 3.78. The summed E-state index contributed by atoms with van der Waals surface area (Å²) in [5.74, 6) is 0. The van der Waals surface area contributed by atoms with Gasteiger partial charge in [-0.3, -0.25) is 4.98 Å². The molecule has 0 radical (unpaired) electrons. The molecule has 1 aromatic heterocycles. The highest BCUT2D eigenvalue weighted by molar-refractivity contribution is 5.40. The minimum absolute atomic E-state index is 0.528. The van der Waals surface area contributed by atoms with E-state index in [0.717, 1.165) is 11.4 Å². The van der Waals surface area contributed by atoms with E-state index in [1.165, 1.54) is 0 Å². The van der Waals surface area contributed by atoms with Crippen LogP contribution in [-0.2, 0) is 0 Å². The van der Waals surface area contributed by atoms with Gasteiger partial charge in [-0.1, -0.05) is 0 Å². The number of aliphatic hydroxyl groups excluding tert-OH is 1. The molecule has 1 atom stereocenters. The molecule has 0 aliphatic rings. The fourth-order valence-corrected chi connectivity index (χ4v) is 0.794. The van der Waals surface area contributed by atoms with E-state index >= 15 is 0 Å². The highest BCUT2D eigenvalue weighted by Gasteiger charge is 1.94. The maximum Gasteiger partial charge on any atom is 0.121 e. The topological polar surface area (TPSA) is 45.1 Å². The molecule has 3 nitrogen and oxygen atoms in total. The number of hydrogen-bond acceptors (Lipinski definition) is 3. The number of aromatic nitrogens is 1. The Morgan fingerprint density at radius 1 is 1.55 bits per heavy atom. The summed E-state index contributed by atoms with van der Waals surface area (Å²) in [5, 5.41) is 11.8. The van der Waals surface area contributed by atoms with Gasteiger partial charge in [-0.05, 0) is 26.0 Å². The zero-order chi connectivity index (χ0) is 8.27. The van der Waals surface area contributed by atoms with Crippen molar-refractivity contribution in [1.82, 2.24) is 4.98 Å². The lowest BCUT2D eigenvalue weighted by Gasteiger charge is -2.07. The highest BCUT2D eigenvalue weighted by Crippen LogP contribution is 2.05. The summed E-state index contributed by atoms with van der Waals surface area (Å²) in [6.45, 7) is 3.59. The molecule has 11 heavy (non-hydrogen) atoms. The Kier molecular flexibility index (Phi) is 2.44. The summed E-state index contributed by atoms with van der Waals surface area (Å²) in [4.78, 5) is 4.06. The first-order chi connectivity index (χ1) is 5.18. The van der Waals surface area contributed by atoms with Crippen LogP contribution >= 0.6 is 0 Å². The van der Waals surface area contributed by atoms with Gasteiger partial charge < -0.3 is 10.4 Å². The lowest BCUT2D eigenvalue weighted by Crippen LogP contribution is -2.13. The first kappa shape index (κ1) is 8.01. The number of anilines is 1. The molecule has 0 bridgehead atoms. The van der Waals surface area contributed by atoms with Gasteiger partial charge in [-0.25, -0.2) is 0 Å². The smallest absolute Gasteiger partial charge is 0.121 e. The minimum Gasteiger partial charge on any atom is -0.374 e. The molecule has 0 fully saturated rings. The van der Waals surface area contributed by atoms with Gasteiger partial charge in [0.05, 0.1) is 11.9 Å².